The number of fused-ring (bicyclic) bond motifs is 4. The van der Waals surface area contributed by atoms with Crippen molar-refractivity contribution >= 4 is 34.4 Å². The highest BCUT2D eigenvalue weighted by Crippen LogP contribution is 2.48. The molecule has 2 aliphatic rings. The molecule has 6 nitrogen and oxygen atoms in total. The van der Waals surface area contributed by atoms with E-state index in [1.54, 1.807) is 6.07 Å². The molecule has 1 saturated carbocycles. The highest BCUT2D eigenvalue weighted by molar-refractivity contribution is 6.35. The van der Waals surface area contributed by atoms with E-state index in [2.05, 4.69) is 41.7 Å². The molecule has 1 aromatic heterocycles. The van der Waals surface area contributed by atoms with Crippen molar-refractivity contribution in [1.82, 2.24) is 15.6 Å². The van der Waals surface area contributed by atoms with Gasteiger partial charge in [0.1, 0.15) is 5.52 Å². The van der Waals surface area contributed by atoms with E-state index in [4.69, 9.17) is 16.0 Å². The molecule has 0 bridgehead atoms. The molecule has 0 unspecified atom stereocenters. The van der Waals surface area contributed by atoms with E-state index >= 15 is 0 Å². The predicted octanol–water partition coefficient (Wildman–Crippen LogP) is 5.69. The Hall–Kier alpha value is -1.79. The van der Waals surface area contributed by atoms with Crippen LogP contribution in [0.25, 0.3) is 11.1 Å². The normalized spacial score (nSPS) is 18.6. The van der Waals surface area contributed by atoms with Crippen LogP contribution < -0.4 is 16.0 Å². The van der Waals surface area contributed by atoms with Gasteiger partial charge in [-0.1, -0.05) is 58.1 Å². The smallest absolute Gasteiger partial charge is 0.319 e. The summed E-state index contributed by atoms with van der Waals surface area (Å²) in [6.45, 7) is 8.29. The molecule has 0 saturated heterocycles. The van der Waals surface area contributed by atoms with Crippen LogP contribution in [0, 0.1) is 5.41 Å². The number of nitrogens with zero attached hydrogens (tertiary/aromatic N) is 1. The molecule has 1 aliphatic carbocycles. The van der Waals surface area contributed by atoms with Crippen LogP contribution >= 0.6 is 11.6 Å². The first kappa shape index (κ1) is 20.5. The molecular formula is C22H31ClN4O2. The van der Waals surface area contributed by atoms with E-state index < -0.39 is 5.54 Å². The Morgan fingerprint density at radius 2 is 2.07 bits per heavy atom. The molecule has 2 aromatic rings. The molecule has 0 radical (unpaired) electrons. The zero-order valence-corrected chi connectivity index (χ0v) is 18.3. The maximum Gasteiger partial charge on any atom is 0.319 e. The number of aromatic nitrogens is 1. The van der Waals surface area contributed by atoms with Crippen molar-refractivity contribution in [2.75, 3.05) is 11.9 Å². The van der Waals surface area contributed by atoms with Gasteiger partial charge < -0.3 is 20.4 Å². The van der Waals surface area contributed by atoms with Crippen LogP contribution in [-0.4, -0.2) is 17.6 Å². The van der Waals surface area contributed by atoms with E-state index in [-0.39, 0.29) is 6.03 Å². The molecule has 1 fully saturated rings. The van der Waals surface area contributed by atoms with Gasteiger partial charge in [-0.15, -0.1) is 0 Å². The van der Waals surface area contributed by atoms with Gasteiger partial charge >= 0.3 is 6.03 Å². The SMILES string of the molecule is CCC(C)(C)CCNCc1nc2cc(Cl)c3c(c2o1)C1(CCCCC1)NC(=O)N3. The van der Waals surface area contributed by atoms with Crippen LogP contribution in [0.5, 0.6) is 0 Å². The number of carbonyl (C=O) groups is 1. The van der Waals surface area contributed by atoms with Crippen molar-refractivity contribution in [1.29, 1.82) is 0 Å². The number of amides is 2. The minimum Gasteiger partial charge on any atom is -0.439 e. The average molecular weight is 419 g/mol. The molecule has 2 heterocycles. The van der Waals surface area contributed by atoms with Crippen molar-refractivity contribution in [3.05, 3.63) is 22.5 Å². The van der Waals surface area contributed by atoms with Gasteiger partial charge in [-0.2, -0.15) is 0 Å². The Bertz CT molecular complexity index is 915. The number of hydrogen-bond donors (Lipinski definition) is 3. The Balaban J connectivity index is 1.64. The zero-order chi connectivity index (χ0) is 20.6. The number of rotatable bonds is 6. The maximum atomic E-state index is 12.3. The Morgan fingerprint density at radius 3 is 2.79 bits per heavy atom. The third-order valence-corrected chi connectivity index (χ3v) is 6.96. The van der Waals surface area contributed by atoms with E-state index in [1.165, 1.54) is 6.42 Å². The van der Waals surface area contributed by atoms with Gasteiger partial charge in [0.05, 0.1) is 22.8 Å². The quantitative estimate of drug-likeness (QED) is 0.526. The first-order valence-corrected chi connectivity index (χ1v) is 11.1. The summed E-state index contributed by atoms with van der Waals surface area (Å²) in [6.07, 6.45) is 7.37. The monoisotopic (exact) mass is 418 g/mol. The number of hydrogen-bond acceptors (Lipinski definition) is 4. The molecule has 3 N–H and O–H groups in total. The van der Waals surface area contributed by atoms with Crippen molar-refractivity contribution in [2.24, 2.45) is 5.41 Å². The summed E-state index contributed by atoms with van der Waals surface area (Å²) in [5, 5.41) is 10.0. The molecule has 7 heteroatoms. The molecule has 1 aromatic carbocycles. The topological polar surface area (TPSA) is 79.2 Å². The van der Waals surface area contributed by atoms with Gasteiger partial charge in [-0.25, -0.2) is 9.78 Å². The van der Waals surface area contributed by atoms with Crippen molar-refractivity contribution in [3.8, 4) is 0 Å². The number of nitrogens with one attached hydrogen (secondary N) is 3. The Morgan fingerprint density at radius 1 is 1.31 bits per heavy atom. The molecule has 0 atom stereocenters. The summed E-state index contributed by atoms with van der Waals surface area (Å²) >= 11 is 6.55. The standard InChI is InChI=1S/C22H31ClN4O2/c1-4-21(2,3)10-11-24-13-16-25-15-12-14(23)18-17(19(15)29-16)22(27-20(28)26-18)8-6-5-7-9-22/h12,24H,4-11,13H2,1-3H3,(H2,26,27,28). The molecule has 4 rings (SSSR count). The number of urea groups is 1. The number of anilines is 1. The maximum absolute atomic E-state index is 12.3. The lowest BCUT2D eigenvalue weighted by Crippen LogP contribution is -2.52. The summed E-state index contributed by atoms with van der Waals surface area (Å²) < 4.78 is 6.22. The van der Waals surface area contributed by atoms with Crippen LogP contribution in [0.2, 0.25) is 5.02 Å². The predicted molar refractivity (Wildman–Crippen MR) is 116 cm³/mol. The highest BCUT2D eigenvalue weighted by Gasteiger charge is 2.44. The van der Waals surface area contributed by atoms with E-state index in [9.17, 15) is 4.79 Å². The lowest BCUT2D eigenvalue weighted by Gasteiger charge is -2.42. The van der Waals surface area contributed by atoms with Crippen LogP contribution in [-0.2, 0) is 12.1 Å². The zero-order valence-electron chi connectivity index (χ0n) is 17.6. The molecule has 29 heavy (non-hydrogen) atoms. The van der Waals surface area contributed by atoms with Gasteiger partial charge in [0.25, 0.3) is 0 Å². The second kappa shape index (κ2) is 7.80. The first-order chi connectivity index (χ1) is 13.8. The van der Waals surface area contributed by atoms with Crippen LogP contribution in [0.15, 0.2) is 10.5 Å². The second-order valence-electron chi connectivity index (χ2n) is 9.23. The van der Waals surface area contributed by atoms with Crippen LogP contribution in [0.3, 0.4) is 0 Å². The van der Waals surface area contributed by atoms with Gasteiger partial charge in [0.15, 0.2) is 5.58 Å². The average Bonchev–Trinajstić information content (AvgIpc) is 3.08. The molecular weight excluding hydrogens is 388 g/mol. The lowest BCUT2D eigenvalue weighted by atomic mass is 9.74. The summed E-state index contributed by atoms with van der Waals surface area (Å²) in [5.41, 5.74) is 3.04. The summed E-state index contributed by atoms with van der Waals surface area (Å²) in [7, 11) is 0. The highest BCUT2D eigenvalue weighted by atomic mass is 35.5. The summed E-state index contributed by atoms with van der Waals surface area (Å²) in [5.74, 6) is 0.654. The van der Waals surface area contributed by atoms with Gasteiger partial charge in [0.2, 0.25) is 5.89 Å². The summed E-state index contributed by atoms with van der Waals surface area (Å²) in [4.78, 5) is 17.0. The molecule has 2 amide bonds. The largest absolute Gasteiger partial charge is 0.439 e. The minimum atomic E-state index is -0.422. The van der Waals surface area contributed by atoms with E-state index in [0.29, 0.717) is 28.6 Å². The van der Waals surface area contributed by atoms with E-state index in [1.807, 2.05) is 0 Å². The number of halogens is 1. The lowest BCUT2D eigenvalue weighted by molar-refractivity contribution is 0.209. The third-order valence-electron chi connectivity index (χ3n) is 6.67. The van der Waals surface area contributed by atoms with Gasteiger partial charge in [0, 0.05) is 5.56 Å². The molecule has 158 valence electrons. The number of benzene rings is 1. The van der Waals surface area contributed by atoms with Crippen LogP contribution in [0.1, 0.15) is 77.2 Å². The first-order valence-electron chi connectivity index (χ1n) is 10.8. The minimum absolute atomic E-state index is 0.194. The Kier molecular flexibility index (Phi) is 5.51. The van der Waals surface area contributed by atoms with Gasteiger partial charge in [-0.3, -0.25) is 0 Å². The summed E-state index contributed by atoms with van der Waals surface area (Å²) in [6, 6.07) is 1.60. The van der Waals surface area contributed by atoms with Crippen molar-refractivity contribution in [2.45, 2.75) is 77.8 Å². The van der Waals surface area contributed by atoms with E-state index in [0.717, 1.165) is 61.7 Å². The fourth-order valence-corrected chi connectivity index (χ4v) is 4.73. The molecule has 1 aliphatic heterocycles. The fraction of sp³-hybridized carbons (Fsp3) is 0.636. The number of carbonyl (C=O) groups excluding carboxylic acids is 1. The number of oxazole rings is 1. The van der Waals surface area contributed by atoms with Crippen LogP contribution in [0.4, 0.5) is 10.5 Å². The van der Waals surface area contributed by atoms with Crippen molar-refractivity contribution in [3.63, 3.8) is 0 Å². The third kappa shape index (κ3) is 3.97. The van der Waals surface area contributed by atoms with Gasteiger partial charge in [-0.05, 0) is 37.3 Å². The molecule has 1 spiro atoms. The fourth-order valence-electron chi connectivity index (χ4n) is 4.49. The van der Waals surface area contributed by atoms with Crippen molar-refractivity contribution < 1.29 is 9.21 Å². The second-order valence-corrected chi connectivity index (χ2v) is 9.64. The Labute approximate surface area is 177 Å².